The van der Waals surface area contributed by atoms with E-state index in [9.17, 15) is 23.6 Å². The van der Waals surface area contributed by atoms with Crippen molar-refractivity contribution in [3.05, 3.63) is 45.6 Å². The average Bonchev–Trinajstić information content (AvgIpc) is 3.39. The molecule has 0 saturated carbocycles. The number of ether oxygens (including phenoxy) is 3. The number of halogens is 1. The lowest BCUT2D eigenvalue weighted by atomic mass is 10.2. The van der Waals surface area contributed by atoms with Gasteiger partial charge in [0.2, 0.25) is 0 Å². The van der Waals surface area contributed by atoms with Crippen LogP contribution >= 0.6 is 0 Å². The van der Waals surface area contributed by atoms with Crippen molar-refractivity contribution in [2.45, 2.75) is 65.6 Å². The number of anilines is 1. The van der Waals surface area contributed by atoms with E-state index in [0.29, 0.717) is 56.2 Å². The lowest BCUT2D eigenvalue weighted by Gasteiger charge is -2.37. The number of hydrogen-bond donors (Lipinski definition) is 1. The van der Waals surface area contributed by atoms with Crippen LogP contribution in [0.4, 0.5) is 15.0 Å². The summed E-state index contributed by atoms with van der Waals surface area (Å²) in [7, 11) is 1.42. The summed E-state index contributed by atoms with van der Waals surface area (Å²) in [6.45, 7) is 11.6. The Balaban J connectivity index is 1.61. The van der Waals surface area contributed by atoms with Crippen LogP contribution in [0.1, 0.15) is 69.6 Å². The Morgan fingerprint density at radius 2 is 1.83 bits per heavy atom. The summed E-state index contributed by atoms with van der Waals surface area (Å²) in [4.78, 5) is 57.1. The zero-order chi connectivity index (χ0) is 34.9. The zero-order valence-electron chi connectivity index (χ0n) is 28.2. The molecule has 0 bridgehead atoms. The molecule has 2 amide bonds. The fourth-order valence-corrected chi connectivity index (χ4v) is 6.18. The molecule has 5 rings (SSSR count). The molecule has 0 unspecified atom stereocenters. The minimum absolute atomic E-state index is 0.0330. The number of likely N-dealkylation sites (N-methyl/N-ethyl adjacent to an activating group) is 1. The molecule has 1 N–H and O–H groups in total. The Morgan fingerprint density at radius 1 is 1.12 bits per heavy atom. The van der Waals surface area contributed by atoms with Crippen LogP contribution in [0.3, 0.4) is 0 Å². The van der Waals surface area contributed by atoms with Crippen molar-refractivity contribution in [3.63, 3.8) is 0 Å². The topological polar surface area (TPSA) is 149 Å². The third-order valence-electron chi connectivity index (χ3n) is 8.41. The second-order valence-corrected chi connectivity index (χ2v) is 13.0. The summed E-state index contributed by atoms with van der Waals surface area (Å²) >= 11 is 0. The molecule has 1 atom stereocenters. The van der Waals surface area contributed by atoms with Crippen LogP contribution in [0, 0.1) is 5.82 Å². The first-order chi connectivity index (χ1) is 22.7. The predicted octanol–water partition coefficient (Wildman–Crippen LogP) is 3.73. The van der Waals surface area contributed by atoms with E-state index in [1.165, 1.54) is 30.0 Å². The highest BCUT2D eigenvalue weighted by Gasteiger charge is 2.39. The van der Waals surface area contributed by atoms with Crippen molar-refractivity contribution in [1.29, 1.82) is 0 Å². The van der Waals surface area contributed by atoms with Crippen LogP contribution in [0.25, 0.3) is 10.9 Å². The number of aromatic nitrogens is 3. The number of benzene rings is 1. The Bertz CT molecular complexity index is 1770. The van der Waals surface area contributed by atoms with Gasteiger partial charge in [0, 0.05) is 63.4 Å². The fraction of sp³-hybridized carbons (Fsp3) is 0.545. The molecule has 4 heterocycles. The number of rotatable bonds is 10. The standard InChI is InChI=1S/C33H43FN6O8/c1-7-36-18-20(2)40-26-25(28(46-6)27(40)31(36)44)30(43)39(19-21-10-11-22(34)17-23(21)47-16-8-9-24(41)42)35-29(26)37-12-14-38(15-13-37)32(45)48-33(3,4)5/h10-11,17,20H,7-9,12-16,18-19H2,1-6H3,(H,41,42)/t20-/m0/s1. The van der Waals surface area contributed by atoms with Gasteiger partial charge in [-0.1, -0.05) is 6.07 Å². The van der Waals surface area contributed by atoms with Gasteiger partial charge < -0.3 is 38.6 Å². The van der Waals surface area contributed by atoms with Crippen LogP contribution < -0.4 is 19.9 Å². The Kier molecular flexibility index (Phi) is 9.87. The highest BCUT2D eigenvalue weighted by atomic mass is 19.1. The molecule has 260 valence electrons. The largest absolute Gasteiger partial charge is 0.493 e. The zero-order valence-corrected chi connectivity index (χ0v) is 28.2. The number of carbonyl (C=O) groups excluding carboxylic acids is 2. The number of aliphatic carboxylic acids is 1. The molecule has 14 nitrogen and oxygen atoms in total. The van der Waals surface area contributed by atoms with E-state index in [1.54, 1.807) is 9.80 Å². The number of methoxy groups -OCH3 is 1. The molecular formula is C33H43FN6O8. The summed E-state index contributed by atoms with van der Waals surface area (Å²) in [6, 6.07) is 3.72. The van der Waals surface area contributed by atoms with E-state index >= 15 is 0 Å². The molecule has 0 spiro atoms. The summed E-state index contributed by atoms with van der Waals surface area (Å²) in [5.74, 6) is -1.03. The maximum absolute atomic E-state index is 14.3. The predicted molar refractivity (Wildman–Crippen MR) is 175 cm³/mol. The fourth-order valence-electron chi connectivity index (χ4n) is 6.18. The highest BCUT2D eigenvalue weighted by Crippen LogP contribution is 2.41. The van der Waals surface area contributed by atoms with Gasteiger partial charge in [0.15, 0.2) is 17.3 Å². The lowest BCUT2D eigenvalue weighted by Crippen LogP contribution is -2.50. The molecule has 1 fully saturated rings. The number of carboxylic acids is 1. The van der Waals surface area contributed by atoms with Crippen molar-refractivity contribution in [3.8, 4) is 11.5 Å². The maximum Gasteiger partial charge on any atom is 0.410 e. The van der Waals surface area contributed by atoms with Gasteiger partial charge in [0.1, 0.15) is 28.1 Å². The second kappa shape index (κ2) is 13.7. The second-order valence-electron chi connectivity index (χ2n) is 13.0. The monoisotopic (exact) mass is 670 g/mol. The van der Waals surface area contributed by atoms with Gasteiger partial charge in [-0.15, -0.1) is 5.10 Å². The SMILES string of the molecule is CCN1C[C@H](C)n2c(c(OC)c3c(=O)n(Cc4ccc(F)cc4OCCCC(=O)O)nc(N4CCN(C(=O)OC(C)(C)C)CC4)c32)C1=O. The molecule has 48 heavy (non-hydrogen) atoms. The number of fused-ring (bicyclic) bond motifs is 3. The van der Waals surface area contributed by atoms with Crippen LogP contribution in [-0.4, -0.2) is 106 Å². The highest BCUT2D eigenvalue weighted by molar-refractivity contribution is 6.07. The van der Waals surface area contributed by atoms with Gasteiger partial charge in [-0.25, -0.2) is 13.9 Å². The number of hydrogen-bond acceptors (Lipinski definition) is 9. The van der Waals surface area contributed by atoms with Crippen molar-refractivity contribution < 1.29 is 38.1 Å². The minimum Gasteiger partial charge on any atom is -0.493 e. The van der Waals surface area contributed by atoms with Gasteiger partial charge >= 0.3 is 12.1 Å². The molecule has 1 saturated heterocycles. The van der Waals surface area contributed by atoms with Crippen molar-refractivity contribution >= 4 is 34.7 Å². The van der Waals surface area contributed by atoms with Crippen molar-refractivity contribution in [2.24, 2.45) is 0 Å². The summed E-state index contributed by atoms with van der Waals surface area (Å²) < 4.78 is 34.5. The van der Waals surface area contributed by atoms with E-state index in [1.807, 2.05) is 44.1 Å². The molecule has 2 aromatic heterocycles. The van der Waals surface area contributed by atoms with Crippen LogP contribution in [-0.2, 0) is 16.1 Å². The molecule has 2 aliphatic rings. The summed E-state index contributed by atoms with van der Waals surface area (Å²) in [5.41, 5.74) is 0.0278. The van der Waals surface area contributed by atoms with E-state index in [0.717, 1.165) is 0 Å². The molecule has 2 aliphatic heterocycles. The number of carboxylic acid groups (broad SMARTS) is 1. The van der Waals surface area contributed by atoms with Crippen LogP contribution in [0.2, 0.25) is 0 Å². The Labute approximate surface area is 277 Å². The van der Waals surface area contributed by atoms with Crippen LogP contribution in [0.5, 0.6) is 11.5 Å². The van der Waals surface area contributed by atoms with Gasteiger partial charge in [-0.2, -0.15) is 0 Å². The first kappa shape index (κ1) is 34.5. The van der Waals surface area contributed by atoms with Crippen molar-refractivity contribution in [2.75, 3.05) is 57.9 Å². The third-order valence-corrected chi connectivity index (χ3v) is 8.41. The first-order valence-electron chi connectivity index (χ1n) is 16.1. The molecule has 15 heteroatoms. The van der Waals surface area contributed by atoms with Gasteiger partial charge in [-0.3, -0.25) is 14.4 Å². The number of amides is 2. The first-order valence-corrected chi connectivity index (χ1v) is 16.1. The van der Waals surface area contributed by atoms with Gasteiger partial charge in [0.25, 0.3) is 11.5 Å². The van der Waals surface area contributed by atoms with E-state index in [2.05, 4.69) is 0 Å². The Hall–Kier alpha value is -4.82. The van der Waals surface area contributed by atoms with Gasteiger partial charge in [0.05, 0.1) is 20.3 Å². The minimum atomic E-state index is -0.972. The molecule has 0 aliphatic carbocycles. The van der Waals surface area contributed by atoms with Crippen molar-refractivity contribution in [1.82, 2.24) is 24.1 Å². The molecule has 1 aromatic carbocycles. The average molecular weight is 671 g/mol. The molecule has 0 radical (unpaired) electrons. The van der Waals surface area contributed by atoms with E-state index in [-0.39, 0.29) is 60.5 Å². The lowest BCUT2D eigenvalue weighted by molar-refractivity contribution is -0.137. The maximum atomic E-state index is 14.3. The third kappa shape index (κ3) is 6.90. The molecular weight excluding hydrogens is 627 g/mol. The smallest absolute Gasteiger partial charge is 0.410 e. The van der Waals surface area contributed by atoms with Gasteiger partial charge in [-0.05, 0) is 47.1 Å². The summed E-state index contributed by atoms with van der Waals surface area (Å²) in [5, 5.41) is 14.0. The summed E-state index contributed by atoms with van der Waals surface area (Å²) in [6.07, 6.45) is -0.319. The van der Waals surface area contributed by atoms with E-state index < -0.39 is 29.0 Å². The number of piperazine rings is 1. The van der Waals surface area contributed by atoms with E-state index in [4.69, 9.17) is 24.4 Å². The number of carbonyl (C=O) groups is 3. The van der Waals surface area contributed by atoms with Crippen LogP contribution in [0.15, 0.2) is 23.0 Å². The normalized spacial score (nSPS) is 16.7. The Morgan fingerprint density at radius 3 is 2.46 bits per heavy atom. The quantitative estimate of drug-likeness (QED) is 0.317. The molecule has 3 aromatic rings. The number of nitrogens with zero attached hydrogens (tertiary/aromatic N) is 6.